The molecule has 0 amide bonds. The number of para-hydroxylation sites is 1. The van der Waals surface area contributed by atoms with Crippen LogP contribution in [-0.4, -0.2) is 0 Å². The summed E-state index contributed by atoms with van der Waals surface area (Å²) in [5, 5.41) is 1.14. The summed E-state index contributed by atoms with van der Waals surface area (Å²) >= 11 is 5.10. The summed E-state index contributed by atoms with van der Waals surface area (Å²) in [6, 6.07) is 11.9. The third kappa shape index (κ3) is 1.90. The van der Waals surface area contributed by atoms with Gasteiger partial charge in [0.15, 0.2) is 0 Å². The van der Waals surface area contributed by atoms with E-state index in [0.29, 0.717) is 0 Å². The van der Waals surface area contributed by atoms with Crippen LogP contribution in [0.2, 0.25) is 0 Å². The minimum atomic E-state index is -0.200. The summed E-state index contributed by atoms with van der Waals surface area (Å²) in [5.41, 5.74) is 8.32. The summed E-state index contributed by atoms with van der Waals surface area (Å²) in [4.78, 5) is 1.10. The van der Waals surface area contributed by atoms with Crippen molar-refractivity contribution in [3.8, 4) is 0 Å². The van der Waals surface area contributed by atoms with Gasteiger partial charge in [-0.05, 0) is 41.1 Å². The van der Waals surface area contributed by atoms with Crippen molar-refractivity contribution in [1.29, 1.82) is 0 Å². The molecule has 4 heteroatoms. The zero-order valence-corrected chi connectivity index (χ0v) is 12.2. The fourth-order valence-electron chi connectivity index (χ4n) is 2.11. The minimum absolute atomic E-state index is 0.200. The molecule has 0 fully saturated rings. The zero-order chi connectivity index (χ0) is 12.7. The predicted molar refractivity (Wildman–Crippen MR) is 79.0 cm³/mol. The Kier molecular flexibility index (Phi) is 3.01. The van der Waals surface area contributed by atoms with Crippen molar-refractivity contribution in [2.75, 3.05) is 0 Å². The molecule has 0 saturated heterocycles. The Morgan fingerprint density at radius 2 is 2.00 bits per heavy atom. The second kappa shape index (κ2) is 4.53. The Labute approximate surface area is 118 Å². The molecule has 18 heavy (non-hydrogen) atoms. The molecule has 0 aliphatic rings. The van der Waals surface area contributed by atoms with E-state index in [0.717, 1.165) is 31.0 Å². The highest BCUT2D eigenvalue weighted by Crippen LogP contribution is 2.35. The molecule has 2 nitrogen and oxygen atoms in total. The Balaban J connectivity index is 2.11. The monoisotopic (exact) mass is 321 g/mol. The second-order valence-electron chi connectivity index (χ2n) is 4.21. The summed E-state index contributed by atoms with van der Waals surface area (Å²) in [6.07, 6.45) is 0. The number of nitrogens with two attached hydrogens (primary N) is 1. The first-order chi connectivity index (χ1) is 8.66. The molecule has 0 spiro atoms. The molecule has 1 atom stereocenters. The van der Waals surface area contributed by atoms with E-state index in [1.165, 1.54) is 0 Å². The molecule has 2 aromatic heterocycles. The van der Waals surface area contributed by atoms with Crippen molar-refractivity contribution in [2.24, 2.45) is 5.73 Å². The number of hydrogen-bond acceptors (Lipinski definition) is 3. The van der Waals surface area contributed by atoms with Gasteiger partial charge in [-0.2, -0.15) is 0 Å². The lowest BCUT2D eigenvalue weighted by atomic mass is 10.1. The molecule has 2 N–H and O–H groups in total. The Morgan fingerprint density at radius 1 is 1.22 bits per heavy atom. The van der Waals surface area contributed by atoms with Crippen LogP contribution in [0.5, 0.6) is 0 Å². The Bertz CT molecular complexity index is 701. The summed E-state index contributed by atoms with van der Waals surface area (Å²) < 4.78 is 6.98. The van der Waals surface area contributed by atoms with E-state index in [-0.39, 0.29) is 6.04 Å². The van der Waals surface area contributed by atoms with Gasteiger partial charge in [0.25, 0.3) is 0 Å². The molecule has 0 bridgehead atoms. The Morgan fingerprint density at radius 3 is 2.67 bits per heavy atom. The van der Waals surface area contributed by atoms with Crippen LogP contribution in [0.15, 0.2) is 44.6 Å². The molecule has 1 unspecified atom stereocenters. The van der Waals surface area contributed by atoms with Gasteiger partial charge in [-0.3, -0.25) is 0 Å². The number of aryl methyl sites for hydroxylation is 1. The topological polar surface area (TPSA) is 39.2 Å². The summed E-state index contributed by atoms with van der Waals surface area (Å²) in [5.74, 6) is 0.852. The van der Waals surface area contributed by atoms with E-state index in [4.69, 9.17) is 10.2 Å². The van der Waals surface area contributed by atoms with Crippen LogP contribution in [-0.2, 0) is 0 Å². The largest absolute Gasteiger partial charge is 0.459 e. The van der Waals surface area contributed by atoms with Gasteiger partial charge in [-0.25, -0.2) is 0 Å². The maximum Gasteiger partial charge on any atom is 0.134 e. The SMILES string of the molecule is Cc1c(C(N)c2ccc(Br)s2)oc2ccccc12. The van der Waals surface area contributed by atoms with Crippen LogP contribution < -0.4 is 5.73 Å². The number of halogens is 1. The van der Waals surface area contributed by atoms with E-state index in [1.54, 1.807) is 11.3 Å². The van der Waals surface area contributed by atoms with Gasteiger partial charge in [0, 0.05) is 15.8 Å². The van der Waals surface area contributed by atoms with E-state index in [9.17, 15) is 0 Å². The van der Waals surface area contributed by atoms with Crippen molar-refractivity contribution < 1.29 is 4.42 Å². The van der Waals surface area contributed by atoms with Crippen LogP contribution in [0.4, 0.5) is 0 Å². The molecular weight excluding hydrogens is 310 g/mol. The predicted octanol–water partition coefficient (Wildman–Crippen LogP) is 4.61. The van der Waals surface area contributed by atoms with Crippen molar-refractivity contribution in [2.45, 2.75) is 13.0 Å². The third-order valence-corrected chi connectivity index (χ3v) is 4.77. The van der Waals surface area contributed by atoms with Crippen LogP contribution in [0.25, 0.3) is 11.0 Å². The first kappa shape index (κ1) is 12.0. The number of hydrogen-bond donors (Lipinski definition) is 1. The molecule has 0 radical (unpaired) electrons. The van der Waals surface area contributed by atoms with Crippen LogP contribution in [0, 0.1) is 6.92 Å². The van der Waals surface area contributed by atoms with E-state index in [1.807, 2.05) is 30.3 Å². The number of rotatable bonds is 2. The molecule has 0 aliphatic heterocycles. The van der Waals surface area contributed by atoms with Gasteiger partial charge in [0.1, 0.15) is 11.3 Å². The zero-order valence-electron chi connectivity index (χ0n) is 9.81. The summed E-state index contributed by atoms with van der Waals surface area (Å²) in [7, 11) is 0. The number of benzene rings is 1. The van der Waals surface area contributed by atoms with Gasteiger partial charge < -0.3 is 10.2 Å². The molecular formula is C14H12BrNOS. The van der Waals surface area contributed by atoms with E-state index < -0.39 is 0 Å². The van der Waals surface area contributed by atoms with Crippen LogP contribution in [0.3, 0.4) is 0 Å². The molecule has 3 aromatic rings. The van der Waals surface area contributed by atoms with Crippen molar-refractivity contribution in [1.82, 2.24) is 0 Å². The summed E-state index contributed by atoms with van der Waals surface area (Å²) in [6.45, 7) is 2.06. The molecule has 3 rings (SSSR count). The average molecular weight is 322 g/mol. The second-order valence-corrected chi connectivity index (χ2v) is 6.70. The molecule has 92 valence electrons. The highest BCUT2D eigenvalue weighted by molar-refractivity contribution is 9.11. The van der Waals surface area contributed by atoms with E-state index >= 15 is 0 Å². The lowest BCUT2D eigenvalue weighted by Crippen LogP contribution is -2.10. The van der Waals surface area contributed by atoms with Crippen LogP contribution in [0.1, 0.15) is 22.2 Å². The van der Waals surface area contributed by atoms with Gasteiger partial charge in [0.2, 0.25) is 0 Å². The number of fused-ring (bicyclic) bond motifs is 1. The first-order valence-corrected chi connectivity index (χ1v) is 7.26. The third-order valence-electron chi connectivity index (χ3n) is 3.06. The normalized spacial score (nSPS) is 13.1. The lowest BCUT2D eigenvalue weighted by Gasteiger charge is -2.07. The highest BCUT2D eigenvalue weighted by Gasteiger charge is 2.19. The van der Waals surface area contributed by atoms with E-state index in [2.05, 4.69) is 28.9 Å². The van der Waals surface area contributed by atoms with Gasteiger partial charge >= 0.3 is 0 Å². The molecule has 2 heterocycles. The van der Waals surface area contributed by atoms with Gasteiger partial charge in [0.05, 0.1) is 9.83 Å². The maximum atomic E-state index is 6.29. The Hall–Kier alpha value is -1.10. The fraction of sp³-hybridized carbons (Fsp3) is 0.143. The number of furan rings is 1. The first-order valence-electron chi connectivity index (χ1n) is 5.65. The number of thiophene rings is 1. The van der Waals surface area contributed by atoms with Gasteiger partial charge in [-0.15, -0.1) is 11.3 Å². The lowest BCUT2D eigenvalue weighted by molar-refractivity contribution is 0.524. The quantitative estimate of drug-likeness (QED) is 0.748. The molecule has 0 saturated carbocycles. The smallest absolute Gasteiger partial charge is 0.134 e. The van der Waals surface area contributed by atoms with Crippen molar-refractivity contribution in [3.63, 3.8) is 0 Å². The van der Waals surface area contributed by atoms with Crippen molar-refractivity contribution in [3.05, 3.63) is 56.4 Å². The standard InChI is InChI=1S/C14H12BrNOS/c1-8-9-4-2-3-5-10(9)17-14(8)13(16)11-6-7-12(15)18-11/h2-7,13H,16H2,1H3. The fourth-order valence-corrected chi connectivity index (χ4v) is 3.54. The minimum Gasteiger partial charge on any atom is -0.459 e. The molecule has 0 aliphatic carbocycles. The maximum absolute atomic E-state index is 6.29. The average Bonchev–Trinajstić information content (AvgIpc) is 2.94. The van der Waals surface area contributed by atoms with Gasteiger partial charge in [-0.1, -0.05) is 18.2 Å². The van der Waals surface area contributed by atoms with Crippen LogP contribution >= 0.6 is 27.3 Å². The van der Waals surface area contributed by atoms with Crippen molar-refractivity contribution >= 4 is 38.2 Å². The molecule has 1 aromatic carbocycles. The highest BCUT2D eigenvalue weighted by atomic mass is 79.9.